The Hall–Kier alpha value is -1.36. The number of benzene rings is 1. The molecule has 1 aliphatic heterocycles. The van der Waals surface area contributed by atoms with E-state index in [-0.39, 0.29) is 5.91 Å². The van der Waals surface area contributed by atoms with Crippen LogP contribution in [0.1, 0.15) is 34.9 Å². The molecule has 5 heteroatoms. The van der Waals surface area contributed by atoms with Crippen molar-refractivity contribution in [3.63, 3.8) is 0 Å². The minimum atomic E-state index is 0.106. The lowest BCUT2D eigenvalue weighted by Crippen LogP contribution is -2.42. The molecule has 2 heterocycles. The zero-order chi connectivity index (χ0) is 16.5. The summed E-state index contributed by atoms with van der Waals surface area (Å²) in [7, 11) is 0. The first kappa shape index (κ1) is 16.1. The number of nitrogens with zero attached hydrogens (tertiary/aromatic N) is 1. The fourth-order valence-electron chi connectivity index (χ4n) is 3.58. The Balaban J connectivity index is 1.37. The highest BCUT2D eigenvalue weighted by atomic mass is 35.5. The molecule has 1 saturated carbocycles. The maximum atomic E-state index is 12.4. The van der Waals surface area contributed by atoms with Crippen LogP contribution in [-0.4, -0.2) is 23.9 Å². The normalized spacial score (nSPS) is 20.6. The predicted molar refractivity (Wildman–Crippen MR) is 98.4 cm³/mol. The van der Waals surface area contributed by atoms with Crippen LogP contribution in [0.25, 0.3) is 0 Å². The van der Waals surface area contributed by atoms with Crippen molar-refractivity contribution in [3.05, 3.63) is 56.7 Å². The van der Waals surface area contributed by atoms with Crippen LogP contribution in [0, 0.1) is 5.92 Å². The van der Waals surface area contributed by atoms with Gasteiger partial charge in [-0.05, 0) is 59.9 Å². The average Bonchev–Trinajstić information content (AvgIpc) is 3.30. The Morgan fingerprint density at radius 1 is 1.25 bits per heavy atom. The number of carbonyl (C=O) groups is 1. The topological polar surface area (TPSA) is 32.3 Å². The third-order valence-corrected chi connectivity index (χ3v) is 6.18. The molecular weight excluding hydrogens is 340 g/mol. The van der Waals surface area contributed by atoms with E-state index in [1.807, 2.05) is 35.6 Å². The molecule has 0 unspecified atom stereocenters. The molecule has 1 N–H and O–H groups in total. The van der Waals surface area contributed by atoms with E-state index >= 15 is 0 Å². The Morgan fingerprint density at radius 3 is 2.79 bits per heavy atom. The van der Waals surface area contributed by atoms with Gasteiger partial charge in [-0.3, -0.25) is 9.69 Å². The second kappa shape index (κ2) is 6.87. The van der Waals surface area contributed by atoms with Crippen molar-refractivity contribution in [3.8, 4) is 0 Å². The molecule has 1 aliphatic carbocycles. The third-order valence-electron chi connectivity index (χ3n) is 4.94. The highest BCUT2D eigenvalue weighted by Crippen LogP contribution is 2.48. The highest BCUT2D eigenvalue weighted by Gasteiger charge is 2.40. The van der Waals surface area contributed by atoms with E-state index in [4.69, 9.17) is 11.6 Å². The van der Waals surface area contributed by atoms with E-state index in [1.54, 1.807) is 0 Å². The first-order valence-corrected chi connectivity index (χ1v) is 9.78. The average molecular weight is 361 g/mol. The zero-order valence-corrected chi connectivity index (χ0v) is 15.1. The molecule has 1 aromatic heterocycles. The quantitative estimate of drug-likeness (QED) is 0.873. The van der Waals surface area contributed by atoms with E-state index in [0.717, 1.165) is 29.5 Å². The zero-order valence-electron chi connectivity index (χ0n) is 13.5. The number of carbonyl (C=O) groups excluding carboxylic acids is 1. The van der Waals surface area contributed by atoms with E-state index in [0.29, 0.717) is 19.1 Å². The molecule has 1 amide bonds. The molecule has 2 aliphatic rings. The molecule has 1 atom stereocenters. The van der Waals surface area contributed by atoms with Gasteiger partial charge in [0.15, 0.2) is 0 Å². The van der Waals surface area contributed by atoms with Gasteiger partial charge < -0.3 is 5.32 Å². The smallest absolute Gasteiger partial charge is 0.234 e. The van der Waals surface area contributed by atoms with E-state index in [9.17, 15) is 4.79 Å². The molecule has 4 rings (SSSR count). The van der Waals surface area contributed by atoms with E-state index < -0.39 is 0 Å². The molecule has 2 aromatic rings. The monoisotopic (exact) mass is 360 g/mol. The maximum Gasteiger partial charge on any atom is 0.234 e. The van der Waals surface area contributed by atoms with Gasteiger partial charge in [0.05, 0.1) is 6.54 Å². The minimum Gasteiger partial charge on any atom is -0.351 e. The number of rotatable bonds is 5. The number of halogens is 1. The summed E-state index contributed by atoms with van der Waals surface area (Å²) in [5.74, 6) is 0.844. The van der Waals surface area contributed by atoms with Gasteiger partial charge in [0.25, 0.3) is 0 Å². The largest absolute Gasteiger partial charge is 0.351 e. The van der Waals surface area contributed by atoms with Crippen molar-refractivity contribution in [2.45, 2.75) is 31.8 Å². The van der Waals surface area contributed by atoms with Crippen molar-refractivity contribution in [2.24, 2.45) is 5.92 Å². The fourth-order valence-corrected chi connectivity index (χ4v) is 4.62. The molecule has 0 spiro atoms. The minimum absolute atomic E-state index is 0.106. The highest BCUT2D eigenvalue weighted by molar-refractivity contribution is 7.10. The van der Waals surface area contributed by atoms with Crippen molar-refractivity contribution in [1.29, 1.82) is 0 Å². The van der Waals surface area contributed by atoms with Gasteiger partial charge in [-0.25, -0.2) is 0 Å². The van der Waals surface area contributed by atoms with Crippen LogP contribution >= 0.6 is 22.9 Å². The SMILES string of the molecule is O=C(CN1CCc2sccc2[C@@H]1C1CC1)NCc1ccc(Cl)cc1. The summed E-state index contributed by atoms with van der Waals surface area (Å²) in [5, 5.41) is 5.96. The fraction of sp³-hybridized carbons (Fsp3) is 0.421. The van der Waals surface area contributed by atoms with Crippen molar-refractivity contribution in [2.75, 3.05) is 13.1 Å². The van der Waals surface area contributed by atoms with Crippen molar-refractivity contribution < 1.29 is 4.79 Å². The number of fused-ring (bicyclic) bond motifs is 1. The molecule has 1 fully saturated rings. The second-order valence-electron chi connectivity index (χ2n) is 6.71. The summed E-state index contributed by atoms with van der Waals surface area (Å²) in [6.45, 7) is 2.04. The molecule has 0 saturated heterocycles. The summed E-state index contributed by atoms with van der Waals surface area (Å²) in [6, 6.07) is 10.3. The standard InChI is InChI=1S/C19H21ClN2OS/c20-15-5-1-13(2-6-15)11-21-18(23)12-22-9-7-17-16(8-10-24-17)19(22)14-3-4-14/h1-2,5-6,8,10,14,19H,3-4,7,9,11-12H2,(H,21,23)/t19-/m0/s1. The third kappa shape index (κ3) is 3.51. The second-order valence-corrected chi connectivity index (χ2v) is 8.14. The van der Waals surface area contributed by atoms with Crippen LogP contribution in [-0.2, 0) is 17.8 Å². The van der Waals surface area contributed by atoms with Crippen LogP contribution in [0.5, 0.6) is 0 Å². The van der Waals surface area contributed by atoms with Crippen molar-refractivity contribution in [1.82, 2.24) is 10.2 Å². The van der Waals surface area contributed by atoms with Crippen LogP contribution in [0.4, 0.5) is 0 Å². The van der Waals surface area contributed by atoms with Crippen LogP contribution in [0.3, 0.4) is 0 Å². The lowest BCUT2D eigenvalue weighted by atomic mass is 9.96. The first-order chi connectivity index (χ1) is 11.7. The van der Waals surface area contributed by atoms with Crippen LogP contribution < -0.4 is 5.32 Å². The summed E-state index contributed by atoms with van der Waals surface area (Å²) in [6.07, 6.45) is 3.66. The summed E-state index contributed by atoms with van der Waals surface area (Å²) < 4.78 is 0. The summed E-state index contributed by atoms with van der Waals surface area (Å²) in [4.78, 5) is 16.3. The number of nitrogens with one attached hydrogen (secondary N) is 1. The van der Waals surface area contributed by atoms with Crippen LogP contribution in [0.2, 0.25) is 5.02 Å². The lowest BCUT2D eigenvalue weighted by molar-refractivity contribution is -0.123. The number of hydrogen-bond donors (Lipinski definition) is 1. The van der Waals surface area contributed by atoms with Gasteiger partial charge in [0.2, 0.25) is 5.91 Å². The van der Waals surface area contributed by atoms with Gasteiger partial charge in [0, 0.05) is 29.0 Å². The van der Waals surface area contributed by atoms with E-state index in [2.05, 4.69) is 21.7 Å². The number of hydrogen-bond acceptors (Lipinski definition) is 3. The van der Waals surface area contributed by atoms with Gasteiger partial charge in [-0.15, -0.1) is 11.3 Å². The number of amides is 1. The van der Waals surface area contributed by atoms with Crippen molar-refractivity contribution >= 4 is 28.8 Å². The first-order valence-electron chi connectivity index (χ1n) is 8.52. The number of thiophene rings is 1. The van der Waals surface area contributed by atoms with Gasteiger partial charge >= 0.3 is 0 Å². The Bertz CT molecular complexity index is 723. The van der Waals surface area contributed by atoms with Crippen LogP contribution in [0.15, 0.2) is 35.7 Å². The maximum absolute atomic E-state index is 12.4. The molecule has 0 bridgehead atoms. The van der Waals surface area contributed by atoms with Gasteiger partial charge in [-0.2, -0.15) is 0 Å². The summed E-state index contributed by atoms with van der Waals surface area (Å²) >= 11 is 7.76. The Labute approximate surface area is 151 Å². The lowest BCUT2D eigenvalue weighted by Gasteiger charge is -2.35. The van der Waals surface area contributed by atoms with E-state index in [1.165, 1.54) is 23.3 Å². The molecule has 3 nitrogen and oxygen atoms in total. The molecular formula is C19H21ClN2OS. The molecule has 0 radical (unpaired) electrons. The molecule has 126 valence electrons. The predicted octanol–water partition coefficient (Wildman–Crippen LogP) is 4.03. The molecule has 24 heavy (non-hydrogen) atoms. The van der Waals surface area contributed by atoms with Gasteiger partial charge in [-0.1, -0.05) is 23.7 Å². The van der Waals surface area contributed by atoms with Gasteiger partial charge in [0.1, 0.15) is 0 Å². The Kier molecular flexibility index (Phi) is 4.61. The summed E-state index contributed by atoms with van der Waals surface area (Å²) in [5.41, 5.74) is 2.55. The molecule has 1 aromatic carbocycles. The Morgan fingerprint density at radius 2 is 2.04 bits per heavy atom.